The zero-order valence-corrected chi connectivity index (χ0v) is 10.9. The Morgan fingerprint density at radius 2 is 1.31 bits per heavy atom. The van der Waals surface area contributed by atoms with Crippen LogP contribution in [0.5, 0.6) is 0 Å². The minimum absolute atomic E-state index is 0. The zero-order valence-electron chi connectivity index (χ0n) is 6.93. The van der Waals surface area contributed by atoms with Gasteiger partial charge in [0, 0.05) is 0 Å². The molecule has 0 amide bonds. The van der Waals surface area contributed by atoms with Crippen molar-refractivity contribution in [1.29, 1.82) is 0 Å². The van der Waals surface area contributed by atoms with Gasteiger partial charge in [-0.05, 0) is 0 Å². The van der Waals surface area contributed by atoms with E-state index in [2.05, 4.69) is 0 Å². The minimum Gasteiger partial charge on any atom is -0.676 e. The van der Waals surface area contributed by atoms with Crippen molar-refractivity contribution in [2.75, 3.05) is 0 Å². The van der Waals surface area contributed by atoms with Crippen LogP contribution in [0.15, 0.2) is 0 Å². The van der Waals surface area contributed by atoms with Crippen molar-refractivity contribution in [3.63, 3.8) is 0 Å². The van der Waals surface area contributed by atoms with E-state index in [4.69, 9.17) is 23.7 Å². The molecule has 5 nitrogen and oxygen atoms in total. The molecule has 0 aromatic carbocycles. The molecule has 80 valence electrons. The third kappa shape index (κ3) is 10.8. The Bertz CT molecular complexity index is 136. The smallest absolute Gasteiger partial charge is 0.676 e. The van der Waals surface area contributed by atoms with Gasteiger partial charge in [0.2, 0.25) is 0 Å². The van der Waals surface area contributed by atoms with Gasteiger partial charge in [-0.15, -0.1) is 0 Å². The van der Waals surface area contributed by atoms with Crippen molar-refractivity contribution in [3.05, 3.63) is 11.5 Å². The van der Waals surface area contributed by atoms with E-state index < -0.39 is 14.5 Å². The van der Waals surface area contributed by atoms with Crippen LogP contribution < -0.4 is 8.38 Å². The van der Waals surface area contributed by atoms with Gasteiger partial charge in [-0.25, -0.2) is 0 Å². The van der Waals surface area contributed by atoms with Crippen LogP contribution in [-0.2, 0) is 24.9 Å². The van der Waals surface area contributed by atoms with Gasteiger partial charge < -0.3 is 11.5 Å². The first-order valence-electron chi connectivity index (χ1n) is 3.73. The molecular weight excluding hydrogens is 422 g/mol. The molecule has 0 aliphatic heterocycles. The van der Waals surface area contributed by atoms with Crippen LogP contribution in [-0.4, -0.2) is 26.6 Å². The van der Waals surface area contributed by atoms with Crippen LogP contribution in [0.3, 0.4) is 0 Å². The second kappa shape index (κ2) is 9.40. The molecule has 7 heteroatoms. The molecule has 0 saturated heterocycles. The molecule has 13 heavy (non-hydrogen) atoms. The number of nitrogens with one attached hydrogen (secondary N) is 2. The average Bonchev–Trinajstić information content (AvgIpc) is 1.94. The molecule has 2 atom stereocenters. The molecule has 0 spiro atoms. The van der Waals surface area contributed by atoms with Gasteiger partial charge in [-0.1, -0.05) is 25.7 Å². The summed E-state index contributed by atoms with van der Waals surface area (Å²) in [6.07, 6.45) is 4.25. The van der Waals surface area contributed by atoms with Crippen molar-refractivity contribution in [2.24, 2.45) is 0 Å². The van der Waals surface area contributed by atoms with Crippen LogP contribution in [0.4, 0.5) is 0 Å². The summed E-state index contributed by atoms with van der Waals surface area (Å²) in [4.78, 5) is 0. The summed E-state index contributed by atoms with van der Waals surface area (Å²) in [6.45, 7) is 0. The van der Waals surface area contributed by atoms with Crippen molar-refractivity contribution >= 4 is 14.5 Å². The molecule has 1 saturated carbocycles. The van der Waals surface area contributed by atoms with Crippen LogP contribution in [0, 0.1) is 0 Å². The van der Waals surface area contributed by atoms with Crippen LogP contribution in [0.2, 0.25) is 0 Å². The zero-order chi connectivity index (χ0) is 9.56. The fourth-order valence-corrected chi connectivity index (χ4v) is 1.13. The molecule has 1 rings (SSSR count). The van der Waals surface area contributed by atoms with Gasteiger partial charge in [-0.2, -0.15) is 12.1 Å². The van der Waals surface area contributed by atoms with E-state index in [1.807, 2.05) is 0 Å². The predicted molar refractivity (Wildman–Crippen MR) is 41.1 cm³/mol. The normalized spacial score (nSPS) is 27.2. The van der Waals surface area contributed by atoms with Gasteiger partial charge in [0.25, 0.3) is 0 Å². The maximum Gasteiger partial charge on any atom is 4.00 e. The second-order valence-corrected chi connectivity index (χ2v) is 3.56. The van der Waals surface area contributed by atoms with Gasteiger partial charge in [-0.3, -0.25) is 0 Å². The monoisotopic (exact) mass is 435 g/mol. The number of hydrogen-bond acceptors (Lipinski definition) is 3. The molecule has 0 aromatic heterocycles. The largest absolute Gasteiger partial charge is 4.00 e. The summed E-state index contributed by atoms with van der Waals surface area (Å²) in [6, 6.07) is -0.160. The van der Waals surface area contributed by atoms with Crippen LogP contribution >= 0.6 is 0 Å². The Morgan fingerprint density at radius 1 is 1.08 bits per heavy atom. The van der Waals surface area contributed by atoms with E-state index in [0.717, 1.165) is 12.8 Å². The van der Waals surface area contributed by atoms with E-state index in [1.165, 1.54) is 12.8 Å². The fraction of sp³-hybridized carbons (Fsp3) is 1.00. The standard InChI is InChI=1S/C6H12N2.H2O3Se.Pt/c7-5-3-1-2-4-6(5)8;1-4(2)3;/h5-8H,1-4H2;(H2,1,2,3);/q-2;;+4/p-2. The average molecular weight is 434 g/mol. The van der Waals surface area contributed by atoms with Crippen LogP contribution in [0.1, 0.15) is 25.7 Å². The third-order valence-electron chi connectivity index (χ3n) is 1.77. The van der Waals surface area contributed by atoms with Crippen molar-refractivity contribution in [1.82, 2.24) is 0 Å². The number of rotatable bonds is 0. The number of hydrogen-bond donors (Lipinski definition) is 0. The topological polar surface area (TPSA) is 111 Å². The molecule has 2 unspecified atom stereocenters. The van der Waals surface area contributed by atoms with Gasteiger partial charge in [0.15, 0.2) is 0 Å². The molecule has 0 radical (unpaired) electrons. The SMILES string of the molecule is O=[Se]([O-])[O-].[NH-]C1CCCCC1[NH-].[Pt+4]. The first-order valence-corrected chi connectivity index (χ1v) is 5.83. The van der Waals surface area contributed by atoms with Gasteiger partial charge in [0.1, 0.15) is 0 Å². The van der Waals surface area contributed by atoms with Crippen molar-refractivity contribution in [2.45, 2.75) is 37.8 Å². The van der Waals surface area contributed by atoms with Gasteiger partial charge in [0.05, 0.1) is 0 Å². The van der Waals surface area contributed by atoms with E-state index in [0.29, 0.717) is 0 Å². The Morgan fingerprint density at radius 3 is 1.46 bits per heavy atom. The molecule has 0 aromatic rings. The Kier molecular flexibility index (Phi) is 11.8. The van der Waals surface area contributed by atoms with E-state index >= 15 is 0 Å². The molecule has 1 fully saturated rings. The summed E-state index contributed by atoms with van der Waals surface area (Å²) < 4.78 is 25.6. The molecule has 1 aliphatic carbocycles. The minimum atomic E-state index is -3.79. The van der Waals surface area contributed by atoms with E-state index in [-0.39, 0.29) is 33.1 Å². The van der Waals surface area contributed by atoms with E-state index in [1.54, 1.807) is 0 Å². The Hall–Kier alpha value is 0.848. The second-order valence-electron chi connectivity index (χ2n) is 2.70. The fourth-order valence-electron chi connectivity index (χ4n) is 1.13. The van der Waals surface area contributed by atoms with E-state index in [9.17, 15) is 0 Å². The Balaban J connectivity index is 0. The first kappa shape index (κ1) is 16.3. The van der Waals surface area contributed by atoms with Crippen molar-refractivity contribution < 1.29 is 33.3 Å². The summed E-state index contributed by atoms with van der Waals surface area (Å²) in [5.74, 6) is 0. The first-order chi connectivity index (χ1) is 5.54. The molecule has 2 N–H and O–H groups in total. The van der Waals surface area contributed by atoms with Crippen molar-refractivity contribution in [3.8, 4) is 0 Å². The van der Waals surface area contributed by atoms with Gasteiger partial charge >= 0.3 is 47.8 Å². The summed E-state index contributed by atoms with van der Waals surface area (Å²) in [7, 11) is 0. The summed E-state index contributed by atoms with van der Waals surface area (Å²) in [5.41, 5.74) is 14.6. The quantitative estimate of drug-likeness (QED) is 0.481. The Labute approximate surface area is 96.9 Å². The summed E-state index contributed by atoms with van der Waals surface area (Å²) in [5, 5.41) is 0. The molecule has 0 bridgehead atoms. The summed E-state index contributed by atoms with van der Waals surface area (Å²) >= 11 is -3.79. The molecular formula is C6H12N2O3PtSe. The maximum absolute atomic E-state index is 8.54. The molecule has 0 heterocycles. The predicted octanol–water partition coefficient (Wildman–Crippen LogP) is -0.478. The maximum atomic E-state index is 8.54. The molecule has 1 aliphatic rings. The van der Waals surface area contributed by atoms with Crippen LogP contribution in [0.25, 0.3) is 11.5 Å². The third-order valence-corrected chi connectivity index (χ3v) is 1.77.